The number of benzene rings is 2. The fourth-order valence-corrected chi connectivity index (χ4v) is 4.86. The average Bonchev–Trinajstić information content (AvgIpc) is 2.67. The van der Waals surface area contributed by atoms with Crippen molar-refractivity contribution in [3.05, 3.63) is 47.5 Å². The molecule has 0 radical (unpaired) electrons. The lowest BCUT2D eigenvalue weighted by molar-refractivity contribution is -0.116. The van der Waals surface area contributed by atoms with Crippen molar-refractivity contribution >= 4 is 39.1 Å². The molecule has 3 rings (SSSR count). The molecule has 0 spiro atoms. The Morgan fingerprint density at radius 3 is 2.72 bits per heavy atom. The second kappa shape index (κ2) is 6.72. The molecule has 0 bridgehead atoms. The van der Waals surface area contributed by atoms with Gasteiger partial charge in [0.25, 0.3) is 10.0 Å². The summed E-state index contributed by atoms with van der Waals surface area (Å²) >= 11 is 1.57. The number of nitrogens with one attached hydrogen (secondary N) is 2. The number of sulfonamides is 1. The Balaban J connectivity index is 1.96. The van der Waals surface area contributed by atoms with Crippen LogP contribution in [-0.2, 0) is 14.8 Å². The van der Waals surface area contributed by atoms with Gasteiger partial charge in [0.2, 0.25) is 5.91 Å². The number of carbonyl (C=O) groups excluding carboxylic acids is 1. The third-order valence-electron chi connectivity index (χ3n) is 4.19. The van der Waals surface area contributed by atoms with Crippen LogP contribution in [0.3, 0.4) is 0 Å². The van der Waals surface area contributed by atoms with E-state index in [9.17, 15) is 13.2 Å². The van der Waals surface area contributed by atoms with Crippen LogP contribution < -0.4 is 10.0 Å². The van der Waals surface area contributed by atoms with Crippen molar-refractivity contribution < 1.29 is 13.2 Å². The zero-order chi connectivity index (χ0) is 18.2. The van der Waals surface area contributed by atoms with E-state index in [2.05, 4.69) is 10.0 Å². The summed E-state index contributed by atoms with van der Waals surface area (Å²) in [7, 11) is -3.74. The van der Waals surface area contributed by atoms with Crippen molar-refractivity contribution in [1.82, 2.24) is 0 Å². The summed E-state index contributed by atoms with van der Waals surface area (Å²) in [6.07, 6.45) is 0.405. The van der Waals surface area contributed by atoms with Gasteiger partial charge in [-0.25, -0.2) is 8.42 Å². The van der Waals surface area contributed by atoms with Gasteiger partial charge in [-0.1, -0.05) is 19.1 Å². The lowest BCUT2D eigenvalue weighted by atomic mass is 10.1. The van der Waals surface area contributed by atoms with Crippen molar-refractivity contribution in [2.24, 2.45) is 0 Å². The van der Waals surface area contributed by atoms with E-state index in [-0.39, 0.29) is 16.1 Å². The third-order valence-corrected chi connectivity index (χ3v) is 6.73. The van der Waals surface area contributed by atoms with Crippen molar-refractivity contribution in [3.63, 3.8) is 0 Å². The topological polar surface area (TPSA) is 75.3 Å². The number of anilines is 2. The summed E-state index contributed by atoms with van der Waals surface area (Å²) in [6.45, 7) is 5.79. The van der Waals surface area contributed by atoms with Gasteiger partial charge in [-0.2, -0.15) is 0 Å². The molecule has 5 nitrogen and oxygen atoms in total. The molecule has 0 saturated heterocycles. The number of fused-ring (bicyclic) bond motifs is 1. The maximum atomic E-state index is 12.8. The highest BCUT2D eigenvalue weighted by molar-refractivity contribution is 8.00. The molecule has 25 heavy (non-hydrogen) atoms. The Kier molecular flexibility index (Phi) is 4.79. The van der Waals surface area contributed by atoms with Crippen molar-refractivity contribution in [2.75, 3.05) is 10.0 Å². The quantitative estimate of drug-likeness (QED) is 0.851. The maximum Gasteiger partial charge on any atom is 0.261 e. The summed E-state index contributed by atoms with van der Waals surface area (Å²) in [6, 6.07) is 10.3. The molecule has 1 aliphatic heterocycles. The molecular formula is C18H20N2O3S2. The zero-order valence-corrected chi connectivity index (χ0v) is 15.9. The van der Waals surface area contributed by atoms with E-state index in [0.29, 0.717) is 17.8 Å². The van der Waals surface area contributed by atoms with Crippen LogP contribution in [0.1, 0.15) is 24.5 Å². The van der Waals surface area contributed by atoms with Crippen LogP contribution >= 0.6 is 11.8 Å². The van der Waals surface area contributed by atoms with Gasteiger partial charge in [-0.05, 0) is 49.2 Å². The number of hydrogen-bond donors (Lipinski definition) is 2. The molecule has 1 amide bonds. The van der Waals surface area contributed by atoms with Gasteiger partial charge in [0.1, 0.15) is 0 Å². The number of rotatable bonds is 3. The van der Waals surface area contributed by atoms with Crippen LogP contribution in [0.15, 0.2) is 46.2 Å². The minimum absolute atomic E-state index is 0.101. The van der Waals surface area contributed by atoms with E-state index in [1.165, 1.54) is 6.07 Å². The first kappa shape index (κ1) is 17.8. The fourth-order valence-electron chi connectivity index (χ4n) is 2.66. The predicted molar refractivity (Wildman–Crippen MR) is 102 cm³/mol. The predicted octanol–water partition coefficient (Wildman–Crippen LogP) is 3.93. The number of carbonyl (C=O) groups is 1. The molecule has 0 aliphatic carbocycles. The lowest BCUT2D eigenvalue weighted by Gasteiger charge is -2.14. The molecule has 0 fully saturated rings. The van der Waals surface area contributed by atoms with Gasteiger partial charge in [-0.3, -0.25) is 9.52 Å². The van der Waals surface area contributed by atoms with E-state index in [0.717, 1.165) is 16.0 Å². The van der Waals surface area contributed by atoms with Crippen LogP contribution in [0.5, 0.6) is 0 Å². The maximum absolute atomic E-state index is 12.8. The number of thioether (sulfide) groups is 1. The minimum atomic E-state index is -3.74. The first-order valence-corrected chi connectivity index (χ1v) is 10.3. The Bertz CT molecular complexity index is 939. The van der Waals surface area contributed by atoms with Crippen LogP contribution in [-0.4, -0.2) is 19.6 Å². The molecule has 2 N–H and O–H groups in total. The molecule has 132 valence electrons. The molecule has 7 heteroatoms. The van der Waals surface area contributed by atoms with Gasteiger partial charge in [-0.15, -0.1) is 11.8 Å². The average molecular weight is 377 g/mol. The minimum Gasteiger partial charge on any atom is -0.325 e. The summed E-state index contributed by atoms with van der Waals surface area (Å²) in [5.74, 6) is -0.101. The molecular weight excluding hydrogens is 356 g/mol. The third kappa shape index (κ3) is 3.82. The highest BCUT2D eigenvalue weighted by atomic mass is 32.2. The van der Waals surface area contributed by atoms with Gasteiger partial charge >= 0.3 is 0 Å². The van der Waals surface area contributed by atoms with Crippen LogP contribution in [0, 0.1) is 13.8 Å². The van der Waals surface area contributed by atoms with Crippen LogP contribution in [0.25, 0.3) is 0 Å². The lowest BCUT2D eigenvalue weighted by Crippen LogP contribution is -2.16. The summed E-state index contributed by atoms with van der Waals surface area (Å²) in [5, 5.41) is 2.95. The molecule has 1 heterocycles. The second-order valence-corrected chi connectivity index (χ2v) is 9.35. The van der Waals surface area contributed by atoms with Crippen molar-refractivity contribution in [1.29, 1.82) is 0 Å². The SMILES string of the molecule is Cc1cccc(NS(=O)(=O)c2ccc3c(c2)NC(=O)CC(C)S3)c1C. The van der Waals surface area contributed by atoms with Crippen LogP contribution in [0.4, 0.5) is 11.4 Å². The molecule has 2 aromatic carbocycles. The molecule has 1 atom stereocenters. The number of amides is 1. The van der Waals surface area contributed by atoms with Crippen LogP contribution in [0.2, 0.25) is 0 Å². The standard InChI is InChI=1S/C18H20N2O3S2/c1-11-5-4-6-15(13(11)3)20-25(22,23)14-7-8-17-16(10-14)19-18(21)9-12(2)24-17/h4-8,10,12,20H,9H2,1-3H3,(H,19,21). The van der Waals surface area contributed by atoms with Crippen molar-refractivity contribution in [2.45, 2.75) is 42.2 Å². The molecule has 2 aromatic rings. The van der Waals surface area contributed by atoms with Gasteiger partial charge < -0.3 is 5.32 Å². The van der Waals surface area contributed by atoms with Gasteiger partial charge in [0, 0.05) is 16.6 Å². The van der Waals surface area contributed by atoms with E-state index in [1.54, 1.807) is 30.0 Å². The Morgan fingerprint density at radius 2 is 1.96 bits per heavy atom. The summed E-state index contributed by atoms with van der Waals surface area (Å²) in [5.41, 5.74) is 3.00. The van der Waals surface area contributed by atoms with E-state index >= 15 is 0 Å². The number of aryl methyl sites for hydroxylation is 1. The number of hydrogen-bond acceptors (Lipinski definition) is 4. The fraction of sp³-hybridized carbons (Fsp3) is 0.278. The van der Waals surface area contributed by atoms with Gasteiger partial charge in [0.05, 0.1) is 16.3 Å². The normalized spacial score (nSPS) is 17.4. The van der Waals surface area contributed by atoms with E-state index < -0.39 is 10.0 Å². The Morgan fingerprint density at radius 1 is 1.20 bits per heavy atom. The highest BCUT2D eigenvalue weighted by Crippen LogP contribution is 2.36. The first-order valence-electron chi connectivity index (χ1n) is 7.96. The van der Waals surface area contributed by atoms with Crippen molar-refractivity contribution in [3.8, 4) is 0 Å². The van der Waals surface area contributed by atoms with E-state index in [1.807, 2.05) is 32.9 Å². The first-order chi connectivity index (χ1) is 11.8. The second-order valence-electron chi connectivity index (χ2n) is 6.19. The zero-order valence-electron chi connectivity index (χ0n) is 14.3. The summed E-state index contributed by atoms with van der Waals surface area (Å²) in [4.78, 5) is 12.9. The highest BCUT2D eigenvalue weighted by Gasteiger charge is 2.22. The Hall–Kier alpha value is -1.99. The molecule has 0 saturated carbocycles. The summed E-state index contributed by atoms with van der Waals surface area (Å²) < 4.78 is 28.1. The Labute approximate surface area is 152 Å². The largest absolute Gasteiger partial charge is 0.325 e. The van der Waals surface area contributed by atoms with Gasteiger partial charge in [0.15, 0.2) is 0 Å². The molecule has 0 aromatic heterocycles. The smallest absolute Gasteiger partial charge is 0.261 e. The monoisotopic (exact) mass is 376 g/mol. The van der Waals surface area contributed by atoms with E-state index in [4.69, 9.17) is 0 Å². The molecule has 1 unspecified atom stereocenters. The molecule has 1 aliphatic rings.